The number of thioether (sulfide) groups is 1. The van der Waals surface area contributed by atoms with Gasteiger partial charge in [-0.3, -0.25) is 0 Å². The zero-order chi connectivity index (χ0) is 15.5. The summed E-state index contributed by atoms with van der Waals surface area (Å²) in [5.74, 6) is 2.61. The highest BCUT2D eigenvalue weighted by Gasteiger charge is 2.16. The SMILES string of the molecule is Nc1cc(N)nc(SCc2cc(Cl)c3c(c2)OCCCO3)n1. The largest absolute Gasteiger partial charge is 0.489 e. The number of nitrogen functional groups attached to an aromatic ring is 2. The Morgan fingerprint density at radius 1 is 1.09 bits per heavy atom. The second kappa shape index (κ2) is 6.50. The second-order valence-corrected chi connectivity index (χ2v) is 6.09. The Morgan fingerprint density at radius 2 is 1.82 bits per heavy atom. The fraction of sp³-hybridized carbons (Fsp3) is 0.286. The molecule has 2 aromatic rings. The summed E-state index contributed by atoms with van der Waals surface area (Å²) in [6.45, 7) is 1.23. The number of ether oxygens (including phenoxy) is 2. The molecule has 22 heavy (non-hydrogen) atoms. The summed E-state index contributed by atoms with van der Waals surface area (Å²) in [5.41, 5.74) is 12.3. The standard InChI is InChI=1S/C14H15ClN4O2S/c15-9-4-8(5-10-13(9)21-3-1-2-20-10)7-22-14-18-11(16)6-12(17)19-14/h4-6H,1-3,7H2,(H4,16,17,18,19). The van der Waals surface area contributed by atoms with Crippen LogP contribution in [0.2, 0.25) is 5.02 Å². The summed E-state index contributed by atoms with van der Waals surface area (Å²) in [5, 5.41) is 1.07. The summed E-state index contributed by atoms with van der Waals surface area (Å²) in [4.78, 5) is 8.27. The van der Waals surface area contributed by atoms with E-state index in [1.165, 1.54) is 17.8 Å². The third-order valence-corrected chi connectivity index (χ3v) is 4.17. The van der Waals surface area contributed by atoms with Crippen LogP contribution in [-0.4, -0.2) is 23.2 Å². The lowest BCUT2D eigenvalue weighted by atomic mass is 10.2. The maximum atomic E-state index is 6.27. The number of benzene rings is 1. The van der Waals surface area contributed by atoms with Crippen LogP contribution in [0.25, 0.3) is 0 Å². The molecule has 2 heterocycles. The first kappa shape index (κ1) is 15.1. The third kappa shape index (κ3) is 3.48. The van der Waals surface area contributed by atoms with Crippen LogP contribution in [0, 0.1) is 0 Å². The Hall–Kier alpha value is -1.86. The summed E-state index contributed by atoms with van der Waals surface area (Å²) in [6, 6.07) is 5.31. The molecule has 0 saturated carbocycles. The monoisotopic (exact) mass is 338 g/mol. The Labute approximate surface area is 137 Å². The van der Waals surface area contributed by atoms with Crippen molar-refractivity contribution in [3.63, 3.8) is 0 Å². The molecule has 4 N–H and O–H groups in total. The van der Waals surface area contributed by atoms with Gasteiger partial charge in [0.2, 0.25) is 0 Å². The van der Waals surface area contributed by atoms with Crippen molar-refractivity contribution in [1.82, 2.24) is 9.97 Å². The molecule has 6 nitrogen and oxygen atoms in total. The van der Waals surface area contributed by atoms with Crippen LogP contribution < -0.4 is 20.9 Å². The number of nitrogens with zero attached hydrogens (tertiary/aromatic N) is 2. The highest BCUT2D eigenvalue weighted by molar-refractivity contribution is 7.98. The van der Waals surface area contributed by atoms with Crippen molar-refractivity contribution in [2.45, 2.75) is 17.3 Å². The lowest BCUT2D eigenvalue weighted by Gasteiger charge is -2.11. The molecule has 1 aliphatic heterocycles. The van der Waals surface area contributed by atoms with E-state index < -0.39 is 0 Å². The summed E-state index contributed by atoms with van der Waals surface area (Å²) in [7, 11) is 0. The molecule has 0 atom stereocenters. The predicted molar refractivity (Wildman–Crippen MR) is 87.5 cm³/mol. The lowest BCUT2D eigenvalue weighted by molar-refractivity contribution is 0.297. The Bertz CT molecular complexity index is 679. The minimum Gasteiger partial charge on any atom is -0.489 e. The van der Waals surface area contributed by atoms with Crippen LogP contribution in [0.4, 0.5) is 11.6 Å². The zero-order valence-corrected chi connectivity index (χ0v) is 13.3. The second-order valence-electron chi connectivity index (χ2n) is 4.74. The van der Waals surface area contributed by atoms with Gasteiger partial charge < -0.3 is 20.9 Å². The van der Waals surface area contributed by atoms with Crippen molar-refractivity contribution in [3.05, 3.63) is 28.8 Å². The van der Waals surface area contributed by atoms with Gasteiger partial charge in [-0.1, -0.05) is 23.4 Å². The molecular formula is C14H15ClN4O2S. The summed E-state index contributed by atoms with van der Waals surface area (Å²) >= 11 is 7.70. The maximum absolute atomic E-state index is 6.27. The van der Waals surface area contributed by atoms with E-state index >= 15 is 0 Å². The molecule has 0 spiro atoms. The average molecular weight is 339 g/mol. The van der Waals surface area contributed by atoms with E-state index in [0.29, 0.717) is 52.3 Å². The third-order valence-electron chi connectivity index (χ3n) is 2.98. The van der Waals surface area contributed by atoms with Crippen LogP contribution in [0.5, 0.6) is 11.5 Å². The fourth-order valence-corrected chi connectivity index (χ4v) is 3.13. The highest BCUT2D eigenvalue weighted by atomic mass is 35.5. The topological polar surface area (TPSA) is 96.3 Å². The zero-order valence-electron chi connectivity index (χ0n) is 11.7. The van der Waals surface area contributed by atoms with Crippen molar-refractivity contribution < 1.29 is 9.47 Å². The van der Waals surface area contributed by atoms with E-state index in [2.05, 4.69) is 9.97 Å². The van der Waals surface area contributed by atoms with E-state index in [1.54, 1.807) is 0 Å². The van der Waals surface area contributed by atoms with E-state index in [0.717, 1.165) is 12.0 Å². The normalized spacial score (nSPS) is 13.7. The van der Waals surface area contributed by atoms with E-state index in [9.17, 15) is 0 Å². The van der Waals surface area contributed by atoms with Crippen LogP contribution in [0.15, 0.2) is 23.4 Å². The first-order chi connectivity index (χ1) is 10.6. The minimum absolute atomic E-state index is 0.353. The van der Waals surface area contributed by atoms with E-state index in [-0.39, 0.29) is 0 Å². The van der Waals surface area contributed by atoms with Gasteiger partial charge in [-0.15, -0.1) is 0 Å². The molecule has 116 valence electrons. The molecular weight excluding hydrogens is 324 g/mol. The van der Waals surface area contributed by atoms with Gasteiger partial charge in [0.1, 0.15) is 11.6 Å². The Morgan fingerprint density at radius 3 is 2.59 bits per heavy atom. The highest BCUT2D eigenvalue weighted by Crippen LogP contribution is 2.39. The minimum atomic E-state index is 0.353. The number of nitrogens with two attached hydrogens (primary N) is 2. The number of fused-ring (bicyclic) bond motifs is 1. The van der Waals surface area contributed by atoms with Gasteiger partial charge in [0.15, 0.2) is 16.7 Å². The lowest BCUT2D eigenvalue weighted by Crippen LogP contribution is -1.99. The van der Waals surface area contributed by atoms with E-state index in [1.807, 2.05) is 12.1 Å². The molecule has 1 aliphatic rings. The van der Waals surface area contributed by atoms with Gasteiger partial charge in [-0.25, -0.2) is 9.97 Å². The molecule has 0 unspecified atom stereocenters. The first-order valence-electron chi connectivity index (χ1n) is 6.72. The molecule has 0 saturated heterocycles. The molecule has 3 rings (SSSR count). The number of anilines is 2. The van der Waals surface area contributed by atoms with Crippen LogP contribution in [0.3, 0.4) is 0 Å². The summed E-state index contributed by atoms with van der Waals surface area (Å²) < 4.78 is 11.3. The quantitative estimate of drug-likeness (QED) is 0.656. The van der Waals surface area contributed by atoms with Gasteiger partial charge in [-0.05, 0) is 17.7 Å². The Kier molecular flexibility index (Phi) is 4.44. The van der Waals surface area contributed by atoms with Gasteiger partial charge in [0, 0.05) is 18.2 Å². The van der Waals surface area contributed by atoms with Gasteiger partial charge in [0.25, 0.3) is 0 Å². The van der Waals surface area contributed by atoms with Crippen molar-refractivity contribution in [3.8, 4) is 11.5 Å². The predicted octanol–water partition coefficient (Wildman–Crippen LogP) is 2.75. The number of halogens is 1. The average Bonchev–Trinajstić information content (AvgIpc) is 2.70. The van der Waals surface area contributed by atoms with Crippen LogP contribution in [-0.2, 0) is 5.75 Å². The van der Waals surface area contributed by atoms with Gasteiger partial charge >= 0.3 is 0 Å². The molecule has 8 heteroatoms. The van der Waals surface area contributed by atoms with Crippen molar-refractivity contribution in [2.75, 3.05) is 24.7 Å². The molecule has 0 radical (unpaired) electrons. The van der Waals surface area contributed by atoms with Crippen molar-refractivity contribution in [1.29, 1.82) is 0 Å². The smallest absolute Gasteiger partial charge is 0.191 e. The van der Waals surface area contributed by atoms with Crippen LogP contribution >= 0.6 is 23.4 Å². The van der Waals surface area contributed by atoms with Crippen LogP contribution in [0.1, 0.15) is 12.0 Å². The number of aromatic nitrogens is 2. The first-order valence-corrected chi connectivity index (χ1v) is 8.09. The number of hydrogen-bond donors (Lipinski definition) is 2. The van der Waals surface area contributed by atoms with E-state index in [4.69, 9.17) is 32.5 Å². The van der Waals surface area contributed by atoms with Crippen molar-refractivity contribution >= 4 is 35.0 Å². The molecule has 1 aromatic heterocycles. The molecule has 0 amide bonds. The fourth-order valence-electron chi connectivity index (χ4n) is 2.04. The number of hydrogen-bond acceptors (Lipinski definition) is 7. The maximum Gasteiger partial charge on any atom is 0.191 e. The number of rotatable bonds is 3. The Balaban J connectivity index is 1.78. The summed E-state index contributed by atoms with van der Waals surface area (Å²) in [6.07, 6.45) is 0.839. The molecule has 0 fully saturated rings. The van der Waals surface area contributed by atoms with Gasteiger partial charge in [-0.2, -0.15) is 0 Å². The molecule has 0 aliphatic carbocycles. The molecule has 0 bridgehead atoms. The van der Waals surface area contributed by atoms with Gasteiger partial charge in [0.05, 0.1) is 18.2 Å². The van der Waals surface area contributed by atoms with Crippen molar-refractivity contribution in [2.24, 2.45) is 0 Å². The molecule has 1 aromatic carbocycles.